The first-order chi connectivity index (χ1) is 12.1. The molecular weight excluding hydrogens is 348 g/mol. The Morgan fingerprint density at radius 2 is 2.08 bits per heavy atom. The third kappa shape index (κ3) is 4.50. The van der Waals surface area contributed by atoms with Gasteiger partial charge in [0.2, 0.25) is 12.5 Å². The summed E-state index contributed by atoms with van der Waals surface area (Å²) in [6.07, 6.45) is 2.08. The molecule has 0 saturated carbocycles. The maximum absolute atomic E-state index is 6.42. The van der Waals surface area contributed by atoms with Crippen LogP contribution in [0.3, 0.4) is 0 Å². The normalized spacial score (nSPS) is 21.0. The fourth-order valence-electron chi connectivity index (χ4n) is 2.77. The maximum atomic E-state index is 6.42. The minimum atomic E-state index is -1.91. The lowest BCUT2D eigenvalue weighted by molar-refractivity contribution is 0.0264. The van der Waals surface area contributed by atoms with Crippen LogP contribution in [0.25, 0.3) is 0 Å². The Balaban J connectivity index is 2.00. The molecule has 1 aliphatic rings. The molecule has 2 atom stereocenters. The summed E-state index contributed by atoms with van der Waals surface area (Å²) < 4.78 is 23.4. The van der Waals surface area contributed by atoms with Crippen molar-refractivity contribution in [2.45, 2.75) is 71.4 Å². The quantitative estimate of drug-likeness (QED) is 0.498. The van der Waals surface area contributed by atoms with Crippen LogP contribution in [0.15, 0.2) is 6.20 Å². The minimum Gasteiger partial charge on any atom is -0.481 e. The summed E-state index contributed by atoms with van der Waals surface area (Å²) in [5, 5.41) is 0.166. The number of methoxy groups -OCH3 is 1. The average Bonchev–Trinajstić information content (AvgIpc) is 3.01. The Morgan fingerprint density at radius 1 is 1.38 bits per heavy atom. The van der Waals surface area contributed by atoms with E-state index in [0.717, 1.165) is 5.56 Å². The van der Waals surface area contributed by atoms with Gasteiger partial charge in [-0.3, -0.25) is 0 Å². The Morgan fingerprint density at radius 3 is 2.69 bits per heavy atom. The first kappa shape index (κ1) is 21.0. The van der Waals surface area contributed by atoms with Gasteiger partial charge in [0.25, 0.3) is 0 Å². The lowest BCUT2D eigenvalue weighted by Crippen LogP contribution is -2.47. The van der Waals surface area contributed by atoms with Crippen LogP contribution in [-0.2, 0) is 9.16 Å². The third-order valence-corrected chi connectivity index (χ3v) is 10.5. The second-order valence-corrected chi connectivity index (χ2v) is 12.9. The fraction of sp³-hybridized carbons (Fsp3) is 0.737. The molecule has 1 aliphatic heterocycles. The number of ether oxygens (including phenoxy) is 3. The van der Waals surface area contributed by atoms with E-state index in [-0.39, 0.29) is 17.2 Å². The molecule has 26 heavy (non-hydrogen) atoms. The van der Waals surface area contributed by atoms with Crippen molar-refractivity contribution in [2.24, 2.45) is 5.92 Å². The Labute approximate surface area is 158 Å². The molecule has 7 heteroatoms. The molecule has 1 aromatic rings. The van der Waals surface area contributed by atoms with Crippen LogP contribution in [0.1, 0.15) is 39.7 Å². The minimum absolute atomic E-state index is 0.152. The summed E-state index contributed by atoms with van der Waals surface area (Å²) in [5.41, 5.74) is 0.873. The highest BCUT2D eigenvalue weighted by Crippen LogP contribution is 2.44. The zero-order chi connectivity index (χ0) is 19.5. The maximum Gasteiger partial charge on any atom is 0.320 e. The SMILES string of the molecule is COc1nc(O[C@@H]2C[CH+]O[C@@H]2CO[Si](C)(C)C(C)(C)C(C)C)ncc1C. The van der Waals surface area contributed by atoms with Crippen LogP contribution in [0, 0.1) is 19.4 Å². The van der Waals surface area contributed by atoms with Crippen molar-refractivity contribution in [1.29, 1.82) is 0 Å². The van der Waals surface area contributed by atoms with Gasteiger partial charge < -0.3 is 13.9 Å². The monoisotopic (exact) mass is 381 g/mol. The molecular formula is C19H33N2O4Si+. The summed E-state index contributed by atoms with van der Waals surface area (Å²) in [6, 6.07) is 0.306. The van der Waals surface area contributed by atoms with Gasteiger partial charge in [0.05, 0.1) is 13.7 Å². The van der Waals surface area contributed by atoms with Gasteiger partial charge in [0.15, 0.2) is 26.9 Å². The van der Waals surface area contributed by atoms with E-state index in [4.69, 9.17) is 18.6 Å². The van der Waals surface area contributed by atoms with Crippen molar-refractivity contribution in [3.63, 3.8) is 0 Å². The predicted molar refractivity (Wildman–Crippen MR) is 104 cm³/mol. The molecule has 0 unspecified atom stereocenters. The highest BCUT2D eigenvalue weighted by Gasteiger charge is 2.46. The second kappa shape index (κ2) is 8.15. The molecule has 0 aliphatic carbocycles. The molecule has 1 saturated heterocycles. The van der Waals surface area contributed by atoms with E-state index < -0.39 is 8.32 Å². The zero-order valence-corrected chi connectivity index (χ0v) is 18.3. The molecule has 0 spiro atoms. The van der Waals surface area contributed by atoms with Crippen molar-refractivity contribution in [3.05, 3.63) is 18.4 Å². The van der Waals surface area contributed by atoms with Crippen molar-refractivity contribution < 1.29 is 18.6 Å². The van der Waals surface area contributed by atoms with Crippen LogP contribution < -0.4 is 9.47 Å². The number of aromatic nitrogens is 2. The third-order valence-electron chi connectivity index (χ3n) is 5.97. The first-order valence-corrected chi connectivity index (χ1v) is 12.1. The van der Waals surface area contributed by atoms with E-state index in [1.165, 1.54) is 0 Å². The van der Waals surface area contributed by atoms with Crippen LogP contribution in [0.4, 0.5) is 0 Å². The molecule has 0 bridgehead atoms. The van der Waals surface area contributed by atoms with E-state index >= 15 is 0 Å². The Kier molecular flexibility index (Phi) is 6.58. The lowest BCUT2D eigenvalue weighted by Gasteiger charge is -2.42. The Bertz CT molecular complexity index is 607. The van der Waals surface area contributed by atoms with Gasteiger partial charge in [0, 0.05) is 11.8 Å². The topological polar surface area (TPSA) is 62.7 Å². The van der Waals surface area contributed by atoms with Gasteiger partial charge in [-0.15, -0.1) is 0 Å². The van der Waals surface area contributed by atoms with E-state index in [0.29, 0.717) is 30.8 Å². The summed E-state index contributed by atoms with van der Waals surface area (Å²) >= 11 is 0. The lowest BCUT2D eigenvalue weighted by atomic mass is 9.99. The summed E-state index contributed by atoms with van der Waals surface area (Å²) in [5.74, 6) is 1.08. The van der Waals surface area contributed by atoms with Crippen molar-refractivity contribution >= 4 is 8.32 Å². The standard InChI is InChI=1S/C19H33N2O4Si/c1-13(2)19(4,5)26(7,8)24-12-16-15(9-10-23-16)25-18-20-11-14(3)17(21-18)22-6/h10-11,13,15-16H,9,12H2,1-8H3/q+1/t15-,16-/m1/s1. The highest BCUT2D eigenvalue weighted by atomic mass is 28.4. The molecule has 2 rings (SSSR count). The van der Waals surface area contributed by atoms with E-state index in [9.17, 15) is 0 Å². The summed E-state index contributed by atoms with van der Waals surface area (Å²) in [6.45, 7) is 17.8. The van der Waals surface area contributed by atoms with Crippen LogP contribution in [0.2, 0.25) is 18.1 Å². The largest absolute Gasteiger partial charge is 0.481 e. The number of nitrogens with zero attached hydrogens (tertiary/aromatic N) is 2. The van der Waals surface area contributed by atoms with Gasteiger partial charge >= 0.3 is 6.01 Å². The second-order valence-electron chi connectivity index (χ2n) is 8.28. The van der Waals surface area contributed by atoms with Gasteiger partial charge in [-0.2, -0.15) is 9.72 Å². The van der Waals surface area contributed by atoms with Gasteiger partial charge in [0.1, 0.15) is 0 Å². The summed E-state index contributed by atoms with van der Waals surface area (Å²) in [7, 11) is -0.317. The average molecular weight is 382 g/mol. The molecule has 0 N–H and O–H groups in total. The van der Waals surface area contributed by atoms with Crippen LogP contribution in [0.5, 0.6) is 11.9 Å². The Hall–Kier alpha value is -1.31. The van der Waals surface area contributed by atoms with Crippen LogP contribution in [-0.4, -0.2) is 44.2 Å². The fourth-order valence-corrected chi connectivity index (χ4v) is 5.11. The molecule has 2 heterocycles. The molecule has 0 aromatic carbocycles. The molecule has 0 radical (unpaired) electrons. The van der Waals surface area contributed by atoms with Gasteiger partial charge in [-0.05, 0) is 31.0 Å². The zero-order valence-electron chi connectivity index (χ0n) is 17.3. The highest BCUT2D eigenvalue weighted by molar-refractivity contribution is 6.74. The number of hydrogen-bond acceptors (Lipinski definition) is 6. The number of rotatable bonds is 8. The molecule has 0 amide bonds. The number of aryl methyl sites for hydroxylation is 1. The molecule has 146 valence electrons. The molecule has 1 fully saturated rings. The molecule has 6 nitrogen and oxygen atoms in total. The first-order valence-electron chi connectivity index (χ1n) is 9.24. The molecule has 1 aromatic heterocycles. The van der Waals surface area contributed by atoms with Gasteiger partial charge in [-0.1, -0.05) is 27.7 Å². The summed E-state index contributed by atoms with van der Waals surface area (Å²) in [4.78, 5) is 8.54. The van der Waals surface area contributed by atoms with Crippen LogP contribution >= 0.6 is 0 Å². The van der Waals surface area contributed by atoms with E-state index in [1.807, 2.05) is 6.92 Å². The van der Waals surface area contributed by atoms with Crippen molar-refractivity contribution in [1.82, 2.24) is 9.97 Å². The van der Waals surface area contributed by atoms with E-state index in [2.05, 4.69) is 50.8 Å². The smallest absolute Gasteiger partial charge is 0.320 e. The van der Waals surface area contributed by atoms with Gasteiger partial charge in [-0.25, -0.2) is 4.98 Å². The number of hydrogen-bond donors (Lipinski definition) is 0. The van der Waals surface area contributed by atoms with Crippen molar-refractivity contribution in [2.75, 3.05) is 13.7 Å². The van der Waals surface area contributed by atoms with E-state index in [1.54, 1.807) is 19.9 Å². The van der Waals surface area contributed by atoms with Crippen molar-refractivity contribution in [3.8, 4) is 11.9 Å². The predicted octanol–water partition coefficient (Wildman–Crippen LogP) is 4.15.